The minimum Gasteiger partial charge on any atom is -0.313 e. The topological polar surface area (TPSA) is 58.2 Å². The first-order valence-corrected chi connectivity index (χ1v) is 9.00. The van der Waals surface area contributed by atoms with Gasteiger partial charge in [-0.05, 0) is 36.6 Å². The highest BCUT2D eigenvalue weighted by atomic mass is 32.2. The second-order valence-corrected chi connectivity index (χ2v) is 7.26. The number of rotatable bonds is 8. The van der Waals surface area contributed by atoms with Gasteiger partial charge in [-0.2, -0.15) is 0 Å². The van der Waals surface area contributed by atoms with E-state index in [1.54, 1.807) is 6.07 Å². The summed E-state index contributed by atoms with van der Waals surface area (Å²) in [4.78, 5) is -0.267. The third kappa shape index (κ3) is 4.49. The molecule has 2 N–H and O–H groups in total. The van der Waals surface area contributed by atoms with E-state index in [0.29, 0.717) is 19.0 Å². The molecule has 1 saturated carbocycles. The van der Waals surface area contributed by atoms with E-state index in [1.807, 2.05) is 6.92 Å². The Morgan fingerprint density at radius 3 is 2.67 bits per heavy atom. The SMILES string of the molecule is CCNCc1ccc(S(=O)(=O)NCCC2CCC2)c(F)c1. The molecule has 6 heteroatoms. The third-order valence-electron chi connectivity index (χ3n) is 3.93. The predicted octanol–water partition coefficient (Wildman–Crippen LogP) is 2.40. The summed E-state index contributed by atoms with van der Waals surface area (Å²) in [7, 11) is -3.75. The standard InChI is InChI=1S/C15H23FN2O2S/c1-2-17-11-13-6-7-15(14(16)10-13)21(19,20)18-9-8-12-4-3-5-12/h6-7,10,12,17-18H,2-5,8-9,11H2,1H3. The molecule has 1 aliphatic rings. The molecule has 118 valence electrons. The molecule has 2 rings (SSSR count). The Hall–Kier alpha value is -0.980. The van der Waals surface area contributed by atoms with Crippen LogP contribution < -0.4 is 10.0 Å². The number of sulfonamides is 1. The molecule has 0 aliphatic heterocycles. The molecule has 21 heavy (non-hydrogen) atoms. The van der Waals surface area contributed by atoms with E-state index in [1.165, 1.54) is 31.4 Å². The quantitative estimate of drug-likeness (QED) is 0.775. The van der Waals surface area contributed by atoms with Crippen LogP contribution in [0.4, 0.5) is 4.39 Å². The average molecular weight is 314 g/mol. The van der Waals surface area contributed by atoms with Gasteiger partial charge in [-0.1, -0.05) is 32.3 Å². The number of nitrogens with one attached hydrogen (secondary N) is 2. The lowest BCUT2D eigenvalue weighted by molar-refractivity contribution is 0.297. The summed E-state index contributed by atoms with van der Waals surface area (Å²) in [6.07, 6.45) is 4.42. The van der Waals surface area contributed by atoms with Crippen LogP contribution >= 0.6 is 0 Å². The third-order valence-corrected chi connectivity index (χ3v) is 5.43. The first kappa shape index (κ1) is 16.4. The molecular formula is C15H23FN2O2S. The first-order chi connectivity index (χ1) is 10.0. The van der Waals surface area contributed by atoms with Crippen molar-refractivity contribution in [1.29, 1.82) is 0 Å². The van der Waals surface area contributed by atoms with Gasteiger partial charge in [0.25, 0.3) is 0 Å². The van der Waals surface area contributed by atoms with Gasteiger partial charge in [0.1, 0.15) is 10.7 Å². The zero-order valence-corrected chi connectivity index (χ0v) is 13.2. The largest absolute Gasteiger partial charge is 0.313 e. The van der Waals surface area contributed by atoms with Crippen LogP contribution in [0.5, 0.6) is 0 Å². The number of hydrogen-bond acceptors (Lipinski definition) is 3. The molecule has 0 unspecified atom stereocenters. The molecule has 0 bridgehead atoms. The van der Waals surface area contributed by atoms with E-state index in [2.05, 4.69) is 10.0 Å². The maximum atomic E-state index is 14.0. The molecule has 0 amide bonds. The lowest BCUT2D eigenvalue weighted by Gasteiger charge is -2.25. The molecular weight excluding hydrogens is 291 g/mol. The van der Waals surface area contributed by atoms with Gasteiger partial charge in [0, 0.05) is 13.1 Å². The smallest absolute Gasteiger partial charge is 0.243 e. The van der Waals surface area contributed by atoms with Crippen LogP contribution in [0.1, 0.15) is 38.2 Å². The summed E-state index contributed by atoms with van der Waals surface area (Å²) >= 11 is 0. The zero-order valence-electron chi connectivity index (χ0n) is 12.4. The fraction of sp³-hybridized carbons (Fsp3) is 0.600. The summed E-state index contributed by atoms with van der Waals surface area (Å²) < 4.78 is 40.7. The van der Waals surface area contributed by atoms with Crippen molar-refractivity contribution in [3.63, 3.8) is 0 Å². The molecule has 0 heterocycles. The van der Waals surface area contributed by atoms with Crippen LogP contribution in [-0.2, 0) is 16.6 Å². The average Bonchev–Trinajstić information content (AvgIpc) is 2.39. The van der Waals surface area contributed by atoms with E-state index >= 15 is 0 Å². The molecule has 4 nitrogen and oxygen atoms in total. The van der Waals surface area contributed by atoms with E-state index in [0.717, 1.165) is 18.5 Å². The fourth-order valence-corrected chi connectivity index (χ4v) is 3.50. The van der Waals surface area contributed by atoms with Crippen molar-refractivity contribution >= 4 is 10.0 Å². The monoisotopic (exact) mass is 314 g/mol. The number of benzene rings is 1. The molecule has 1 aromatic carbocycles. The lowest BCUT2D eigenvalue weighted by atomic mass is 9.83. The zero-order chi connectivity index (χ0) is 15.3. The Kier molecular flexibility index (Phi) is 5.72. The van der Waals surface area contributed by atoms with Crippen molar-refractivity contribution in [3.8, 4) is 0 Å². The Bertz CT molecular complexity index is 571. The van der Waals surface area contributed by atoms with Gasteiger partial charge in [0.05, 0.1) is 0 Å². The van der Waals surface area contributed by atoms with Crippen LogP contribution in [0.25, 0.3) is 0 Å². The molecule has 0 saturated heterocycles. The summed E-state index contributed by atoms with van der Waals surface area (Å²) in [6.45, 7) is 3.65. The Morgan fingerprint density at radius 1 is 1.33 bits per heavy atom. The van der Waals surface area contributed by atoms with Crippen molar-refractivity contribution in [2.75, 3.05) is 13.1 Å². The van der Waals surface area contributed by atoms with Crippen LogP contribution in [0.15, 0.2) is 23.1 Å². The minimum absolute atomic E-state index is 0.267. The van der Waals surface area contributed by atoms with Gasteiger partial charge < -0.3 is 5.32 Å². The van der Waals surface area contributed by atoms with Gasteiger partial charge in [-0.25, -0.2) is 17.5 Å². The lowest BCUT2D eigenvalue weighted by Crippen LogP contribution is -2.28. The van der Waals surface area contributed by atoms with Crippen LogP contribution in [-0.4, -0.2) is 21.5 Å². The van der Waals surface area contributed by atoms with Gasteiger partial charge >= 0.3 is 0 Å². The summed E-state index contributed by atoms with van der Waals surface area (Å²) in [6, 6.07) is 4.27. The van der Waals surface area contributed by atoms with Crippen molar-refractivity contribution < 1.29 is 12.8 Å². The molecule has 0 aromatic heterocycles. The molecule has 1 aliphatic carbocycles. The highest BCUT2D eigenvalue weighted by Crippen LogP contribution is 2.29. The highest BCUT2D eigenvalue weighted by molar-refractivity contribution is 7.89. The van der Waals surface area contributed by atoms with Crippen LogP contribution in [0.2, 0.25) is 0 Å². The van der Waals surface area contributed by atoms with Crippen molar-refractivity contribution in [3.05, 3.63) is 29.6 Å². The van der Waals surface area contributed by atoms with Gasteiger partial charge in [-0.15, -0.1) is 0 Å². The molecule has 0 spiro atoms. The number of halogens is 1. The second-order valence-electron chi connectivity index (χ2n) is 5.53. The summed E-state index contributed by atoms with van der Waals surface area (Å²) in [5, 5.41) is 3.08. The fourth-order valence-electron chi connectivity index (χ4n) is 2.40. The van der Waals surface area contributed by atoms with Crippen LogP contribution in [0, 0.1) is 11.7 Å². The Morgan fingerprint density at radius 2 is 2.10 bits per heavy atom. The van der Waals surface area contributed by atoms with Crippen molar-refractivity contribution in [2.45, 2.75) is 44.0 Å². The summed E-state index contributed by atoms with van der Waals surface area (Å²) in [5.74, 6) is -0.0680. The van der Waals surface area contributed by atoms with Crippen molar-refractivity contribution in [2.24, 2.45) is 5.92 Å². The first-order valence-electron chi connectivity index (χ1n) is 7.51. The van der Waals surface area contributed by atoms with E-state index in [4.69, 9.17) is 0 Å². The maximum Gasteiger partial charge on any atom is 0.243 e. The van der Waals surface area contributed by atoms with Gasteiger partial charge in [0.15, 0.2) is 0 Å². The van der Waals surface area contributed by atoms with Gasteiger partial charge in [0.2, 0.25) is 10.0 Å². The normalized spacial score (nSPS) is 15.9. The Balaban J connectivity index is 1.97. The molecule has 0 radical (unpaired) electrons. The minimum atomic E-state index is -3.75. The van der Waals surface area contributed by atoms with E-state index in [-0.39, 0.29) is 4.90 Å². The molecule has 0 atom stereocenters. The van der Waals surface area contributed by atoms with Gasteiger partial charge in [-0.3, -0.25) is 0 Å². The highest BCUT2D eigenvalue weighted by Gasteiger charge is 2.21. The maximum absolute atomic E-state index is 14.0. The predicted molar refractivity (Wildman–Crippen MR) is 80.9 cm³/mol. The summed E-state index contributed by atoms with van der Waals surface area (Å²) in [5.41, 5.74) is 0.739. The Labute approximate surface area is 126 Å². The second kappa shape index (κ2) is 7.33. The van der Waals surface area contributed by atoms with E-state index in [9.17, 15) is 12.8 Å². The van der Waals surface area contributed by atoms with Crippen LogP contribution in [0.3, 0.4) is 0 Å². The van der Waals surface area contributed by atoms with E-state index < -0.39 is 15.8 Å². The van der Waals surface area contributed by atoms with Crippen molar-refractivity contribution in [1.82, 2.24) is 10.0 Å². The molecule has 1 aromatic rings. The molecule has 1 fully saturated rings. The number of hydrogen-bond donors (Lipinski definition) is 2.